The standard InChI is InChI=1S/C16H20N2O3/c1-10(2)16-14(8-18(4)17-16)13-6-5-12(7-11(13)3)21-9-15(19)20/h5-8,10H,9H2,1-4H3,(H,19,20). The molecule has 2 aromatic rings. The van der Waals surface area contributed by atoms with Crippen molar-refractivity contribution in [1.82, 2.24) is 9.78 Å². The van der Waals surface area contributed by atoms with E-state index in [1.54, 1.807) is 6.07 Å². The summed E-state index contributed by atoms with van der Waals surface area (Å²) in [6, 6.07) is 5.60. The molecule has 0 aliphatic rings. The Bertz CT molecular complexity index is 660. The minimum absolute atomic E-state index is 0.330. The highest BCUT2D eigenvalue weighted by Gasteiger charge is 2.15. The number of carboxylic acids is 1. The maximum absolute atomic E-state index is 10.5. The van der Waals surface area contributed by atoms with Crippen molar-refractivity contribution < 1.29 is 14.6 Å². The fourth-order valence-electron chi connectivity index (χ4n) is 2.31. The van der Waals surface area contributed by atoms with Crippen molar-refractivity contribution in [2.24, 2.45) is 7.05 Å². The van der Waals surface area contributed by atoms with Gasteiger partial charge in [-0.25, -0.2) is 4.79 Å². The molecule has 2 rings (SSSR count). The summed E-state index contributed by atoms with van der Waals surface area (Å²) in [5, 5.41) is 13.2. The second-order valence-corrected chi connectivity index (χ2v) is 5.42. The number of aromatic nitrogens is 2. The molecule has 21 heavy (non-hydrogen) atoms. The fraction of sp³-hybridized carbons (Fsp3) is 0.375. The first-order chi connectivity index (χ1) is 9.88. The molecular formula is C16H20N2O3. The van der Waals surface area contributed by atoms with Crippen LogP contribution in [0.3, 0.4) is 0 Å². The molecule has 1 N–H and O–H groups in total. The molecule has 5 nitrogen and oxygen atoms in total. The number of nitrogens with zero attached hydrogens (tertiary/aromatic N) is 2. The zero-order chi connectivity index (χ0) is 15.6. The van der Waals surface area contributed by atoms with Crippen molar-refractivity contribution in [3.8, 4) is 16.9 Å². The second kappa shape index (κ2) is 5.99. The number of ether oxygens (including phenoxy) is 1. The molecule has 0 radical (unpaired) electrons. The normalized spacial score (nSPS) is 10.9. The van der Waals surface area contributed by atoms with E-state index in [2.05, 4.69) is 18.9 Å². The average Bonchev–Trinajstić information content (AvgIpc) is 2.78. The summed E-state index contributed by atoms with van der Waals surface area (Å²) in [5.41, 5.74) is 4.29. The van der Waals surface area contributed by atoms with Gasteiger partial charge in [-0.2, -0.15) is 5.10 Å². The van der Waals surface area contributed by atoms with E-state index in [4.69, 9.17) is 9.84 Å². The zero-order valence-electron chi connectivity index (χ0n) is 12.8. The van der Waals surface area contributed by atoms with E-state index >= 15 is 0 Å². The number of rotatable bonds is 5. The van der Waals surface area contributed by atoms with Crippen LogP contribution in [0.4, 0.5) is 0 Å². The van der Waals surface area contributed by atoms with Gasteiger partial charge in [0.1, 0.15) is 5.75 Å². The van der Waals surface area contributed by atoms with Crippen LogP contribution in [0.25, 0.3) is 11.1 Å². The van der Waals surface area contributed by atoms with Gasteiger partial charge in [-0.3, -0.25) is 4.68 Å². The van der Waals surface area contributed by atoms with Gasteiger partial charge >= 0.3 is 5.97 Å². The lowest BCUT2D eigenvalue weighted by atomic mass is 9.96. The highest BCUT2D eigenvalue weighted by atomic mass is 16.5. The Balaban J connectivity index is 2.35. The van der Waals surface area contributed by atoms with Crippen LogP contribution < -0.4 is 4.74 Å². The Kier molecular flexibility index (Phi) is 4.31. The maximum atomic E-state index is 10.5. The van der Waals surface area contributed by atoms with E-state index in [1.165, 1.54) is 0 Å². The van der Waals surface area contributed by atoms with Crippen LogP contribution in [0.15, 0.2) is 24.4 Å². The molecule has 0 saturated carbocycles. The Labute approximate surface area is 124 Å². The molecule has 0 spiro atoms. The van der Waals surface area contributed by atoms with Gasteiger partial charge in [0.05, 0.1) is 5.69 Å². The summed E-state index contributed by atoms with van der Waals surface area (Å²) in [7, 11) is 1.91. The summed E-state index contributed by atoms with van der Waals surface area (Å²) in [6.07, 6.45) is 2.01. The molecule has 0 unspecified atom stereocenters. The van der Waals surface area contributed by atoms with Crippen molar-refractivity contribution >= 4 is 5.97 Å². The van der Waals surface area contributed by atoms with Crippen LogP contribution in [-0.2, 0) is 11.8 Å². The van der Waals surface area contributed by atoms with E-state index in [-0.39, 0.29) is 6.61 Å². The quantitative estimate of drug-likeness (QED) is 0.918. The smallest absolute Gasteiger partial charge is 0.341 e. The van der Waals surface area contributed by atoms with Gasteiger partial charge in [0.25, 0.3) is 0 Å². The lowest BCUT2D eigenvalue weighted by Gasteiger charge is -2.10. The van der Waals surface area contributed by atoms with Crippen LogP contribution in [0.1, 0.15) is 31.0 Å². The minimum atomic E-state index is -0.980. The van der Waals surface area contributed by atoms with E-state index < -0.39 is 5.97 Å². The molecule has 112 valence electrons. The number of hydrogen-bond acceptors (Lipinski definition) is 3. The highest BCUT2D eigenvalue weighted by molar-refractivity contribution is 5.71. The molecule has 1 aromatic carbocycles. The monoisotopic (exact) mass is 288 g/mol. The van der Waals surface area contributed by atoms with E-state index in [1.807, 2.05) is 37.0 Å². The maximum Gasteiger partial charge on any atom is 0.341 e. The predicted octanol–water partition coefficient (Wildman–Crippen LogP) is 2.98. The molecule has 0 atom stereocenters. The molecule has 0 saturated heterocycles. The number of aliphatic carboxylic acids is 1. The first-order valence-corrected chi connectivity index (χ1v) is 6.87. The topological polar surface area (TPSA) is 64.3 Å². The molecule has 0 aliphatic heterocycles. The number of carboxylic acid groups (broad SMARTS) is 1. The third-order valence-corrected chi connectivity index (χ3v) is 3.25. The van der Waals surface area contributed by atoms with Gasteiger partial charge in [-0.15, -0.1) is 0 Å². The zero-order valence-corrected chi connectivity index (χ0v) is 12.8. The van der Waals surface area contributed by atoms with Gasteiger partial charge in [-0.1, -0.05) is 19.9 Å². The molecule has 0 bridgehead atoms. The second-order valence-electron chi connectivity index (χ2n) is 5.42. The van der Waals surface area contributed by atoms with Crippen LogP contribution in [-0.4, -0.2) is 27.5 Å². The van der Waals surface area contributed by atoms with E-state index in [0.29, 0.717) is 11.7 Å². The molecule has 1 heterocycles. The Morgan fingerprint density at radius 2 is 2.10 bits per heavy atom. The van der Waals surface area contributed by atoms with Crippen LogP contribution in [0, 0.1) is 6.92 Å². The van der Waals surface area contributed by atoms with Gasteiger partial charge in [-0.05, 0) is 36.1 Å². The molecule has 0 amide bonds. The van der Waals surface area contributed by atoms with Crippen molar-refractivity contribution in [3.05, 3.63) is 35.7 Å². The summed E-state index contributed by atoms with van der Waals surface area (Å²) in [5.74, 6) is -0.0803. The average molecular weight is 288 g/mol. The molecule has 1 aromatic heterocycles. The van der Waals surface area contributed by atoms with Gasteiger partial charge in [0.2, 0.25) is 0 Å². The lowest BCUT2D eigenvalue weighted by molar-refractivity contribution is -0.139. The molecule has 0 aliphatic carbocycles. The Morgan fingerprint density at radius 1 is 1.38 bits per heavy atom. The summed E-state index contributed by atoms with van der Waals surface area (Å²) < 4.78 is 7.02. The van der Waals surface area contributed by atoms with Crippen molar-refractivity contribution in [2.75, 3.05) is 6.61 Å². The SMILES string of the molecule is Cc1cc(OCC(=O)O)ccc1-c1cn(C)nc1C(C)C. The molecule has 5 heteroatoms. The van der Waals surface area contributed by atoms with Crippen molar-refractivity contribution in [3.63, 3.8) is 0 Å². The van der Waals surface area contributed by atoms with Gasteiger partial charge in [0.15, 0.2) is 6.61 Å². The van der Waals surface area contributed by atoms with Gasteiger partial charge in [0, 0.05) is 18.8 Å². The Hall–Kier alpha value is -2.30. The number of carbonyl (C=O) groups is 1. The summed E-state index contributed by atoms with van der Waals surface area (Å²) in [6.45, 7) is 5.89. The molecule has 0 fully saturated rings. The third kappa shape index (κ3) is 3.42. The highest BCUT2D eigenvalue weighted by Crippen LogP contribution is 2.32. The number of benzene rings is 1. The van der Waals surface area contributed by atoms with E-state index in [0.717, 1.165) is 22.4 Å². The lowest BCUT2D eigenvalue weighted by Crippen LogP contribution is -2.09. The predicted molar refractivity (Wildman–Crippen MR) is 80.6 cm³/mol. The van der Waals surface area contributed by atoms with Crippen LogP contribution in [0.2, 0.25) is 0 Å². The first-order valence-electron chi connectivity index (χ1n) is 6.87. The van der Waals surface area contributed by atoms with Gasteiger partial charge < -0.3 is 9.84 Å². The van der Waals surface area contributed by atoms with Crippen molar-refractivity contribution in [1.29, 1.82) is 0 Å². The molecular weight excluding hydrogens is 268 g/mol. The first kappa shape index (κ1) is 15.1. The number of aryl methyl sites for hydroxylation is 2. The summed E-state index contributed by atoms with van der Waals surface area (Å²) in [4.78, 5) is 10.5. The number of hydrogen-bond donors (Lipinski definition) is 1. The largest absolute Gasteiger partial charge is 0.482 e. The van der Waals surface area contributed by atoms with Crippen LogP contribution >= 0.6 is 0 Å². The van der Waals surface area contributed by atoms with Crippen LogP contribution in [0.5, 0.6) is 5.75 Å². The van der Waals surface area contributed by atoms with Crippen molar-refractivity contribution in [2.45, 2.75) is 26.7 Å². The fourth-order valence-corrected chi connectivity index (χ4v) is 2.31. The Morgan fingerprint density at radius 3 is 2.67 bits per heavy atom. The minimum Gasteiger partial charge on any atom is -0.482 e. The third-order valence-electron chi connectivity index (χ3n) is 3.25. The van der Waals surface area contributed by atoms with E-state index in [9.17, 15) is 4.79 Å². The summed E-state index contributed by atoms with van der Waals surface area (Å²) >= 11 is 0.